The zero-order valence-corrected chi connectivity index (χ0v) is 15.5. The molecule has 0 aromatic rings. The Morgan fingerprint density at radius 1 is 1.14 bits per heavy atom. The first-order valence-electron chi connectivity index (χ1n) is 7.48. The van der Waals surface area contributed by atoms with Crippen molar-refractivity contribution in [3.8, 4) is 0 Å². The van der Waals surface area contributed by atoms with Crippen LogP contribution in [-0.4, -0.2) is 18.8 Å². The zero-order chi connectivity index (χ0) is 16.3. The predicted molar refractivity (Wildman–Crippen MR) is 96.0 cm³/mol. The van der Waals surface area contributed by atoms with E-state index in [-0.39, 0.29) is 6.61 Å². The molecular weight excluding hydrogens is 328 g/mol. The molecule has 21 heavy (non-hydrogen) atoms. The summed E-state index contributed by atoms with van der Waals surface area (Å²) in [6.07, 6.45) is 9.20. The molecule has 0 rings (SSSR count). The second-order valence-electron chi connectivity index (χ2n) is 4.92. The Morgan fingerprint density at radius 2 is 1.81 bits per heavy atom. The first-order chi connectivity index (χ1) is 10.0. The van der Waals surface area contributed by atoms with Crippen LogP contribution in [0, 0.1) is 0 Å². The molecule has 0 amide bonds. The number of hydrazine groups is 1. The van der Waals surface area contributed by atoms with E-state index in [2.05, 4.69) is 65.8 Å². The highest BCUT2D eigenvalue weighted by Gasteiger charge is 2.07. The molecule has 0 saturated heterocycles. The van der Waals surface area contributed by atoms with Gasteiger partial charge in [-0.3, -0.25) is 0 Å². The minimum atomic E-state index is 0.0721. The third kappa shape index (κ3) is 7.65. The molecule has 0 heterocycles. The van der Waals surface area contributed by atoms with Crippen molar-refractivity contribution in [2.24, 2.45) is 0 Å². The molecule has 0 atom stereocenters. The first-order valence-corrected chi connectivity index (χ1v) is 8.28. The number of nitrogens with one attached hydrogen (secondary N) is 2. The molecule has 0 aromatic carbocycles. The van der Waals surface area contributed by atoms with Crippen molar-refractivity contribution in [2.45, 2.75) is 47.0 Å². The van der Waals surface area contributed by atoms with Crippen molar-refractivity contribution >= 4 is 15.9 Å². The van der Waals surface area contributed by atoms with E-state index < -0.39 is 0 Å². The van der Waals surface area contributed by atoms with Gasteiger partial charge in [0.1, 0.15) is 0 Å². The number of aliphatic hydroxyl groups is 1. The molecule has 0 unspecified atom stereocenters. The molecule has 0 bridgehead atoms. The summed E-state index contributed by atoms with van der Waals surface area (Å²) in [5, 5.41) is 9.55. The van der Waals surface area contributed by atoms with Crippen molar-refractivity contribution < 1.29 is 5.11 Å². The fourth-order valence-corrected chi connectivity index (χ4v) is 2.29. The van der Waals surface area contributed by atoms with E-state index >= 15 is 0 Å². The van der Waals surface area contributed by atoms with Crippen LogP contribution in [0.3, 0.4) is 0 Å². The van der Waals surface area contributed by atoms with Crippen LogP contribution in [-0.2, 0) is 0 Å². The third-order valence-electron chi connectivity index (χ3n) is 3.11. The molecule has 0 aliphatic rings. The van der Waals surface area contributed by atoms with Gasteiger partial charge in [0.25, 0.3) is 0 Å². The van der Waals surface area contributed by atoms with Crippen LogP contribution in [0.2, 0.25) is 0 Å². The van der Waals surface area contributed by atoms with Gasteiger partial charge >= 0.3 is 0 Å². The molecule has 0 spiro atoms. The van der Waals surface area contributed by atoms with Crippen LogP contribution in [0.4, 0.5) is 0 Å². The molecule has 120 valence electrons. The molecule has 0 aliphatic heterocycles. The fraction of sp³-hybridized carbons (Fsp3) is 0.529. The SMILES string of the molecule is CC/C=C(C)/C(Br)=C\C=C(C)\C(NNC)=C(/CO)CCC. The largest absolute Gasteiger partial charge is 0.392 e. The molecule has 3 N–H and O–H groups in total. The lowest BCUT2D eigenvalue weighted by atomic mass is 10.0. The monoisotopic (exact) mass is 356 g/mol. The lowest BCUT2D eigenvalue weighted by Crippen LogP contribution is -2.29. The highest BCUT2D eigenvalue weighted by atomic mass is 79.9. The van der Waals surface area contributed by atoms with Gasteiger partial charge in [0.15, 0.2) is 0 Å². The summed E-state index contributed by atoms with van der Waals surface area (Å²) in [7, 11) is 1.83. The second-order valence-corrected chi connectivity index (χ2v) is 5.78. The van der Waals surface area contributed by atoms with Crippen molar-refractivity contribution in [2.75, 3.05) is 13.7 Å². The van der Waals surface area contributed by atoms with E-state index in [1.54, 1.807) is 0 Å². The van der Waals surface area contributed by atoms with E-state index in [1.807, 2.05) is 14.0 Å². The predicted octanol–water partition coefficient (Wildman–Crippen LogP) is 4.34. The van der Waals surface area contributed by atoms with Gasteiger partial charge in [-0.2, -0.15) is 0 Å². The summed E-state index contributed by atoms with van der Waals surface area (Å²) in [5.41, 5.74) is 10.4. The maximum absolute atomic E-state index is 9.55. The highest BCUT2D eigenvalue weighted by Crippen LogP contribution is 2.20. The quantitative estimate of drug-likeness (QED) is 0.425. The molecule has 4 heteroatoms. The third-order valence-corrected chi connectivity index (χ3v) is 4.00. The Kier molecular flexibility index (Phi) is 11.3. The number of hydrogen-bond acceptors (Lipinski definition) is 3. The maximum Gasteiger partial charge on any atom is 0.0665 e. The zero-order valence-electron chi connectivity index (χ0n) is 13.9. The average Bonchev–Trinajstić information content (AvgIpc) is 2.48. The number of rotatable bonds is 9. The normalized spacial score (nSPS) is 15.1. The Bertz CT molecular complexity index is 434. The Hall–Kier alpha value is -0.840. The summed E-state index contributed by atoms with van der Waals surface area (Å²) < 4.78 is 1.08. The summed E-state index contributed by atoms with van der Waals surface area (Å²) in [4.78, 5) is 0. The number of halogens is 1. The standard InChI is InChI=1S/C17H29BrN2O/c1-6-8-13(3)16(18)11-10-14(4)17(20-19-5)15(12-21)9-7-2/h8,10-11,19-21H,6-7,9,12H2,1-5H3/b13-8+,14-10+,16-11+,17-15+. The Balaban J connectivity index is 5.39. The van der Waals surface area contributed by atoms with Crippen LogP contribution in [0.25, 0.3) is 0 Å². The van der Waals surface area contributed by atoms with Crippen LogP contribution >= 0.6 is 15.9 Å². The topological polar surface area (TPSA) is 44.3 Å². The van der Waals surface area contributed by atoms with Crippen molar-refractivity contribution in [3.63, 3.8) is 0 Å². The molecular formula is C17H29BrN2O. The van der Waals surface area contributed by atoms with Crippen molar-refractivity contribution in [1.29, 1.82) is 0 Å². The van der Waals surface area contributed by atoms with Gasteiger partial charge in [0, 0.05) is 11.5 Å². The summed E-state index contributed by atoms with van der Waals surface area (Å²) in [6, 6.07) is 0. The molecule has 0 radical (unpaired) electrons. The molecule has 0 fully saturated rings. The number of hydrogen-bond donors (Lipinski definition) is 3. The number of allylic oxidation sites excluding steroid dienone is 6. The molecule has 0 aliphatic carbocycles. The molecule has 0 saturated carbocycles. The van der Waals surface area contributed by atoms with E-state index in [1.165, 1.54) is 5.57 Å². The van der Waals surface area contributed by atoms with E-state index in [4.69, 9.17) is 0 Å². The van der Waals surface area contributed by atoms with Crippen molar-refractivity contribution in [1.82, 2.24) is 10.9 Å². The average molecular weight is 357 g/mol. The maximum atomic E-state index is 9.55. The Morgan fingerprint density at radius 3 is 2.29 bits per heavy atom. The Labute approximate surface area is 138 Å². The fourth-order valence-electron chi connectivity index (χ4n) is 1.99. The second kappa shape index (κ2) is 11.8. The van der Waals surface area contributed by atoms with Crippen LogP contribution in [0.1, 0.15) is 47.0 Å². The van der Waals surface area contributed by atoms with Crippen LogP contribution < -0.4 is 10.9 Å². The van der Waals surface area contributed by atoms with Gasteiger partial charge in [-0.05, 0) is 49.5 Å². The molecule has 3 nitrogen and oxygen atoms in total. The summed E-state index contributed by atoms with van der Waals surface area (Å²) in [5.74, 6) is 0. The van der Waals surface area contributed by atoms with Gasteiger partial charge in [-0.25, -0.2) is 5.43 Å². The van der Waals surface area contributed by atoms with Crippen LogP contribution in [0.15, 0.2) is 45.1 Å². The highest BCUT2D eigenvalue weighted by molar-refractivity contribution is 9.12. The van der Waals surface area contributed by atoms with Gasteiger partial charge in [-0.1, -0.05) is 48.4 Å². The minimum Gasteiger partial charge on any atom is -0.392 e. The van der Waals surface area contributed by atoms with Crippen LogP contribution in [0.5, 0.6) is 0 Å². The minimum absolute atomic E-state index is 0.0721. The lowest BCUT2D eigenvalue weighted by molar-refractivity contribution is 0.323. The van der Waals surface area contributed by atoms with Crippen molar-refractivity contribution in [3.05, 3.63) is 45.1 Å². The van der Waals surface area contributed by atoms with Gasteiger partial charge in [0.05, 0.1) is 12.3 Å². The number of aliphatic hydroxyl groups excluding tert-OH is 1. The first kappa shape index (κ1) is 20.2. The lowest BCUT2D eigenvalue weighted by Gasteiger charge is -2.15. The molecule has 0 aromatic heterocycles. The smallest absolute Gasteiger partial charge is 0.0665 e. The van der Waals surface area contributed by atoms with Gasteiger partial charge < -0.3 is 10.5 Å². The summed E-state index contributed by atoms with van der Waals surface area (Å²) >= 11 is 3.59. The van der Waals surface area contributed by atoms with E-state index in [0.717, 1.165) is 40.6 Å². The van der Waals surface area contributed by atoms with Gasteiger partial charge in [-0.15, -0.1) is 0 Å². The van der Waals surface area contributed by atoms with E-state index in [9.17, 15) is 5.11 Å². The summed E-state index contributed by atoms with van der Waals surface area (Å²) in [6.45, 7) is 8.44. The van der Waals surface area contributed by atoms with Gasteiger partial charge in [0.2, 0.25) is 0 Å². The van der Waals surface area contributed by atoms with E-state index in [0.29, 0.717) is 0 Å².